The van der Waals surface area contributed by atoms with Crippen molar-refractivity contribution in [3.63, 3.8) is 0 Å². The smallest absolute Gasteiger partial charge is 0.257 e. The van der Waals surface area contributed by atoms with Crippen molar-refractivity contribution in [2.24, 2.45) is 0 Å². The Morgan fingerprint density at radius 1 is 1.29 bits per heavy atom. The van der Waals surface area contributed by atoms with Crippen LogP contribution in [0, 0.1) is 0 Å². The van der Waals surface area contributed by atoms with E-state index in [1.54, 1.807) is 24.5 Å². The van der Waals surface area contributed by atoms with Gasteiger partial charge in [0.2, 0.25) is 0 Å². The summed E-state index contributed by atoms with van der Waals surface area (Å²) >= 11 is 0. The van der Waals surface area contributed by atoms with Gasteiger partial charge in [-0.15, -0.1) is 0 Å². The van der Waals surface area contributed by atoms with Crippen molar-refractivity contribution < 1.29 is 4.79 Å². The summed E-state index contributed by atoms with van der Waals surface area (Å²) in [4.78, 5) is 23.3. The molecule has 1 N–H and O–H groups in total. The van der Waals surface area contributed by atoms with Gasteiger partial charge in [-0.25, -0.2) is 4.98 Å². The van der Waals surface area contributed by atoms with Crippen molar-refractivity contribution in [1.82, 2.24) is 19.4 Å². The van der Waals surface area contributed by atoms with Crippen molar-refractivity contribution in [3.05, 3.63) is 54.1 Å². The van der Waals surface area contributed by atoms with Crippen LogP contribution in [0.4, 0.5) is 5.69 Å². The third-order valence-electron chi connectivity index (χ3n) is 4.46. The van der Waals surface area contributed by atoms with Gasteiger partial charge in [0.05, 0.1) is 23.1 Å². The van der Waals surface area contributed by atoms with E-state index in [0.29, 0.717) is 5.56 Å². The molecule has 6 heteroatoms. The number of carbonyl (C=O) groups excluding carboxylic acids is 1. The van der Waals surface area contributed by atoms with Gasteiger partial charge in [0.1, 0.15) is 5.82 Å². The van der Waals surface area contributed by atoms with E-state index in [0.717, 1.165) is 48.7 Å². The number of benzene rings is 1. The number of anilines is 1. The zero-order valence-electron chi connectivity index (χ0n) is 13.6. The van der Waals surface area contributed by atoms with E-state index in [9.17, 15) is 4.79 Å². The highest BCUT2D eigenvalue weighted by molar-refractivity contribution is 6.04. The van der Waals surface area contributed by atoms with E-state index in [2.05, 4.69) is 26.7 Å². The van der Waals surface area contributed by atoms with Crippen molar-refractivity contribution in [2.75, 3.05) is 18.4 Å². The van der Waals surface area contributed by atoms with Crippen molar-refractivity contribution >= 4 is 22.6 Å². The Hall–Kier alpha value is -2.73. The summed E-state index contributed by atoms with van der Waals surface area (Å²) in [7, 11) is 0. The molecule has 3 aromatic rings. The first-order chi connectivity index (χ1) is 11.7. The fraction of sp³-hybridized carbons (Fsp3) is 0.278. The molecule has 0 fully saturated rings. The molecule has 0 atom stereocenters. The lowest BCUT2D eigenvalue weighted by molar-refractivity contribution is 0.102. The molecule has 1 aliphatic rings. The van der Waals surface area contributed by atoms with E-state index in [1.807, 2.05) is 18.2 Å². The Morgan fingerprint density at radius 3 is 3.00 bits per heavy atom. The summed E-state index contributed by atoms with van der Waals surface area (Å²) in [5, 5.41) is 2.91. The maximum Gasteiger partial charge on any atom is 0.257 e. The van der Waals surface area contributed by atoms with Gasteiger partial charge in [-0.3, -0.25) is 14.7 Å². The number of carbonyl (C=O) groups is 1. The van der Waals surface area contributed by atoms with Crippen molar-refractivity contribution in [2.45, 2.75) is 20.0 Å². The topological polar surface area (TPSA) is 63.1 Å². The number of pyridine rings is 1. The average Bonchev–Trinajstić information content (AvgIpc) is 2.99. The van der Waals surface area contributed by atoms with Crippen LogP contribution >= 0.6 is 0 Å². The normalized spacial score (nSPS) is 14.5. The second-order valence-corrected chi connectivity index (χ2v) is 5.95. The van der Waals surface area contributed by atoms with Crippen LogP contribution < -0.4 is 5.32 Å². The standard InChI is InChI=1S/C18H19N5O/c1-2-22-8-9-23-16-6-5-14(10-15(16)21-17(23)12-22)20-18(24)13-4-3-7-19-11-13/h3-7,10-11H,2,8-9,12H2,1H3,(H,20,24). The van der Waals surface area contributed by atoms with Crippen LogP contribution in [0.15, 0.2) is 42.7 Å². The van der Waals surface area contributed by atoms with Gasteiger partial charge in [-0.2, -0.15) is 0 Å². The Labute approximate surface area is 140 Å². The largest absolute Gasteiger partial charge is 0.326 e. The monoisotopic (exact) mass is 321 g/mol. The summed E-state index contributed by atoms with van der Waals surface area (Å²) in [5.74, 6) is 0.928. The molecule has 122 valence electrons. The third kappa shape index (κ3) is 2.65. The minimum Gasteiger partial charge on any atom is -0.326 e. The number of imidazole rings is 1. The third-order valence-corrected chi connectivity index (χ3v) is 4.46. The first kappa shape index (κ1) is 14.8. The molecule has 1 aliphatic heterocycles. The van der Waals surface area contributed by atoms with Crippen LogP contribution in [0.1, 0.15) is 23.1 Å². The highest BCUT2D eigenvalue weighted by atomic mass is 16.1. The summed E-state index contributed by atoms with van der Waals surface area (Å²) in [6.07, 6.45) is 3.21. The van der Waals surface area contributed by atoms with Gasteiger partial charge in [0.25, 0.3) is 5.91 Å². The second kappa shape index (κ2) is 6.05. The van der Waals surface area contributed by atoms with Gasteiger partial charge in [-0.1, -0.05) is 6.92 Å². The van der Waals surface area contributed by atoms with Crippen LogP contribution in [0.5, 0.6) is 0 Å². The average molecular weight is 321 g/mol. The SMILES string of the molecule is CCN1CCn2c(nc3cc(NC(=O)c4cccnc4)ccc32)C1. The Balaban J connectivity index is 1.61. The van der Waals surface area contributed by atoms with E-state index < -0.39 is 0 Å². The van der Waals surface area contributed by atoms with E-state index >= 15 is 0 Å². The molecular formula is C18H19N5O. The fourth-order valence-electron chi connectivity index (χ4n) is 3.12. The molecule has 1 amide bonds. The summed E-state index contributed by atoms with van der Waals surface area (Å²) in [6, 6.07) is 9.39. The van der Waals surface area contributed by atoms with E-state index in [4.69, 9.17) is 4.98 Å². The quantitative estimate of drug-likeness (QED) is 0.805. The predicted octanol–water partition coefficient (Wildman–Crippen LogP) is 2.52. The van der Waals surface area contributed by atoms with Gasteiger partial charge in [0, 0.05) is 31.2 Å². The Bertz CT molecular complexity index is 887. The summed E-state index contributed by atoms with van der Waals surface area (Å²) in [6.45, 7) is 6.10. The molecule has 0 saturated heterocycles. The molecule has 1 aromatic carbocycles. The van der Waals surface area contributed by atoms with Gasteiger partial charge >= 0.3 is 0 Å². The maximum absolute atomic E-state index is 12.2. The molecule has 6 nitrogen and oxygen atoms in total. The predicted molar refractivity (Wildman–Crippen MR) is 92.9 cm³/mol. The molecule has 2 aromatic heterocycles. The number of nitrogens with one attached hydrogen (secondary N) is 1. The number of rotatable bonds is 3. The number of fused-ring (bicyclic) bond motifs is 3. The Kier molecular flexibility index (Phi) is 3.74. The van der Waals surface area contributed by atoms with Gasteiger partial charge in [-0.05, 0) is 36.9 Å². The van der Waals surface area contributed by atoms with Crippen LogP contribution in [-0.4, -0.2) is 38.4 Å². The molecule has 0 spiro atoms. The lowest BCUT2D eigenvalue weighted by Crippen LogP contribution is -2.33. The highest BCUT2D eigenvalue weighted by Crippen LogP contribution is 2.24. The molecule has 0 saturated carbocycles. The first-order valence-electron chi connectivity index (χ1n) is 8.17. The zero-order valence-corrected chi connectivity index (χ0v) is 13.6. The van der Waals surface area contributed by atoms with Gasteiger partial charge < -0.3 is 9.88 Å². The number of likely N-dealkylation sites (N-methyl/N-ethyl adjacent to an activating group) is 1. The van der Waals surface area contributed by atoms with E-state index in [-0.39, 0.29) is 5.91 Å². The Morgan fingerprint density at radius 2 is 2.21 bits per heavy atom. The molecule has 24 heavy (non-hydrogen) atoms. The molecule has 3 heterocycles. The minimum atomic E-state index is -0.163. The zero-order chi connectivity index (χ0) is 16.5. The molecular weight excluding hydrogens is 302 g/mol. The number of hydrogen-bond acceptors (Lipinski definition) is 4. The lowest BCUT2D eigenvalue weighted by atomic mass is 10.2. The van der Waals surface area contributed by atoms with Crippen LogP contribution in [-0.2, 0) is 13.1 Å². The number of nitrogens with zero attached hydrogens (tertiary/aromatic N) is 4. The van der Waals surface area contributed by atoms with E-state index in [1.165, 1.54) is 0 Å². The molecule has 0 radical (unpaired) electrons. The first-order valence-corrected chi connectivity index (χ1v) is 8.17. The maximum atomic E-state index is 12.2. The van der Waals surface area contributed by atoms with Gasteiger partial charge in [0.15, 0.2) is 0 Å². The summed E-state index contributed by atoms with van der Waals surface area (Å²) in [5.41, 5.74) is 3.34. The molecule has 0 bridgehead atoms. The second-order valence-electron chi connectivity index (χ2n) is 5.95. The van der Waals surface area contributed by atoms with Crippen LogP contribution in [0.2, 0.25) is 0 Å². The van der Waals surface area contributed by atoms with Crippen LogP contribution in [0.3, 0.4) is 0 Å². The fourth-order valence-corrected chi connectivity index (χ4v) is 3.12. The van der Waals surface area contributed by atoms with Crippen molar-refractivity contribution in [1.29, 1.82) is 0 Å². The molecule has 4 rings (SSSR count). The van der Waals surface area contributed by atoms with Crippen molar-refractivity contribution in [3.8, 4) is 0 Å². The molecule has 0 aliphatic carbocycles. The lowest BCUT2D eigenvalue weighted by Gasteiger charge is -2.26. The number of hydrogen-bond donors (Lipinski definition) is 1. The number of amides is 1. The highest BCUT2D eigenvalue weighted by Gasteiger charge is 2.19. The van der Waals surface area contributed by atoms with Crippen LogP contribution in [0.25, 0.3) is 11.0 Å². The summed E-state index contributed by atoms with van der Waals surface area (Å²) < 4.78 is 2.27. The minimum absolute atomic E-state index is 0.163. The number of aromatic nitrogens is 3. The molecule has 0 unspecified atom stereocenters.